The standard InChI is InChI=1S/C13H11FN4OS/c1-7-6-20-11(16-7)5-10-17-13(19-18-10)8-3-2-4-9(14)12(8)15/h2-4,6H,5,15H2,1H3. The molecule has 0 aliphatic heterocycles. The van der Waals surface area contributed by atoms with Crippen LogP contribution in [0, 0.1) is 12.7 Å². The molecule has 0 radical (unpaired) electrons. The van der Waals surface area contributed by atoms with E-state index in [9.17, 15) is 4.39 Å². The van der Waals surface area contributed by atoms with Crippen LogP contribution in [0.25, 0.3) is 11.5 Å². The Morgan fingerprint density at radius 1 is 1.35 bits per heavy atom. The molecule has 3 rings (SSSR count). The molecule has 0 amide bonds. The highest BCUT2D eigenvalue weighted by Crippen LogP contribution is 2.26. The van der Waals surface area contributed by atoms with Crippen molar-refractivity contribution in [1.82, 2.24) is 15.1 Å². The molecule has 0 saturated carbocycles. The maximum atomic E-state index is 13.4. The lowest BCUT2D eigenvalue weighted by Crippen LogP contribution is -1.94. The van der Waals surface area contributed by atoms with Gasteiger partial charge in [-0.3, -0.25) is 0 Å². The van der Waals surface area contributed by atoms with Crippen LogP contribution in [0.4, 0.5) is 10.1 Å². The van der Waals surface area contributed by atoms with Crippen molar-refractivity contribution >= 4 is 17.0 Å². The predicted molar refractivity (Wildman–Crippen MR) is 73.8 cm³/mol. The Morgan fingerprint density at radius 3 is 2.95 bits per heavy atom. The number of nitrogens with two attached hydrogens (primary N) is 1. The molecule has 2 N–H and O–H groups in total. The van der Waals surface area contributed by atoms with E-state index in [1.807, 2.05) is 12.3 Å². The van der Waals surface area contributed by atoms with Gasteiger partial charge in [-0.25, -0.2) is 9.37 Å². The third-order valence-corrected chi connectivity index (χ3v) is 3.69. The van der Waals surface area contributed by atoms with Crippen molar-refractivity contribution in [3.05, 3.63) is 45.9 Å². The number of hydrogen-bond donors (Lipinski definition) is 1. The van der Waals surface area contributed by atoms with Crippen LogP contribution in [-0.4, -0.2) is 15.1 Å². The smallest absolute Gasteiger partial charge is 0.260 e. The molecular formula is C13H11FN4OS. The van der Waals surface area contributed by atoms with Crippen molar-refractivity contribution in [2.24, 2.45) is 0 Å². The Labute approximate surface area is 118 Å². The molecule has 0 saturated heterocycles. The predicted octanol–water partition coefficient (Wildman–Crippen LogP) is 2.81. The largest absolute Gasteiger partial charge is 0.396 e. The molecule has 2 aromatic heterocycles. The summed E-state index contributed by atoms with van der Waals surface area (Å²) in [6, 6.07) is 4.48. The normalized spacial score (nSPS) is 10.9. The third-order valence-electron chi connectivity index (χ3n) is 2.73. The summed E-state index contributed by atoms with van der Waals surface area (Å²) in [5.74, 6) is 0.209. The minimum atomic E-state index is -0.502. The first-order chi connectivity index (χ1) is 9.63. The molecule has 0 aliphatic carbocycles. The number of aryl methyl sites for hydroxylation is 1. The van der Waals surface area contributed by atoms with Crippen molar-refractivity contribution < 1.29 is 8.91 Å². The van der Waals surface area contributed by atoms with Crippen LogP contribution in [0.3, 0.4) is 0 Å². The van der Waals surface area contributed by atoms with Crippen LogP contribution in [0.2, 0.25) is 0 Å². The minimum Gasteiger partial charge on any atom is -0.396 e. The van der Waals surface area contributed by atoms with Crippen LogP contribution in [-0.2, 0) is 6.42 Å². The van der Waals surface area contributed by atoms with E-state index in [-0.39, 0.29) is 11.6 Å². The molecule has 0 unspecified atom stereocenters. The fourth-order valence-electron chi connectivity index (χ4n) is 1.78. The number of nitrogens with zero attached hydrogens (tertiary/aromatic N) is 3. The van der Waals surface area contributed by atoms with Gasteiger partial charge in [0.1, 0.15) is 10.8 Å². The zero-order valence-electron chi connectivity index (χ0n) is 10.6. The van der Waals surface area contributed by atoms with Crippen LogP contribution < -0.4 is 5.73 Å². The summed E-state index contributed by atoms with van der Waals surface area (Å²) >= 11 is 1.54. The fourth-order valence-corrected chi connectivity index (χ4v) is 2.55. The topological polar surface area (TPSA) is 77.8 Å². The average Bonchev–Trinajstić information content (AvgIpc) is 3.03. The molecule has 102 valence electrons. The Kier molecular flexibility index (Phi) is 3.19. The number of hydrogen-bond acceptors (Lipinski definition) is 6. The SMILES string of the molecule is Cc1csc(Cc2noc(-c3cccc(F)c3N)n2)n1. The summed E-state index contributed by atoms with van der Waals surface area (Å²) in [6.45, 7) is 1.93. The summed E-state index contributed by atoms with van der Waals surface area (Å²) in [6.07, 6.45) is 0.483. The lowest BCUT2D eigenvalue weighted by Gasteiger charge is -2.00. The molecule has 0 atom stereocenters. The molecule has 0 bridgehead atoms. The van der Waals surface area contributed by atoms with Gasteiger partial charge in [-0.1, -0.05) is 11.2 Å². The zero-order valence-corrected chi connectivity index (χ0v) is 11.4. The van der Waals surface area contributed by atoms with Gasteiger partial charge in [-0.15, -0.1) is 11.3 Å². The first-order valence-corrected chi connectivity index (χ1v) is 6.79. The highest BCUT2D eigenvalue weighted by molar-refractivity contribution is 7.09. The molecule has 1 aromatic carbocycles. The van der Waals surface area contributed by atoms with Gasteiger partial charge < -0.3 is 10.3 Å². The molecule has 0 aliphatic rings. The number of para-hydroxylation sites is 1. The van der Waals surface area contributed by atoms with Crippen LogP contribution in [0.15, 0.2) is 28.1 Å². The second-order valence-corrected chi connectivity index (χ2v) is 5.22. The van der Waals surface area contributed by atoms with Crippen LogP contribution >= 0.6 is 11.3 Å². The Balaban J connectivity index is 1.88. The number of halogens is 1. The summed E-state index contributed by atoms with van der Waals surface area (Å²) in [5.41, 5.74) is 7.04. The monoisotopic (exact) mass is 290 g/mol. The molecule has 0 spiro atoms. The maximum absolute atomic E-state index is 13.4. The Morgan fingerprint density at radius 2 is 2.20 bits per heavy atom. The summed E-state index contributed by atoms with van der Waals surface area (Å²) in [4.78, 5) is 8.56. The van der Waals surface area contributed by atoms with E-state index < -0.39 is 5.82 Å². The van der Waals surface area contributed by atoms with E-state index in [0.29, 0.717) is 17.8 Å². The van der Waals surface area contributed by atoms with Gasteiger partial charge in [0, 0.05) is 11.1 Å². The van der Waals surface area contributed by atoms with E-state index in [2.05, 4.69) is 15.1 Å². The summed E-state index contributed by atoms with van der Waals surface area (Å²) in [5, 5.41) is 6.73. The van der Waals surface area contributed by atoms with E-state index in [4.69, 9.17) is 10.3 Å². The van der Waals surface area contributed by atoms with Gasteiger partial charge >= 0.3 is 0 Å². The third kappa shape index (κ3) is 2.39. The van der Waals surface area contributed by atoms with Gasteiger partial charge in [0.25, 0.3) is 5.89 Å². The zero-order chi connectivity index (χ0) is 14.1. The van der Waals surface area contributed by atoms with E-state index in [0.717, 1.165) is 10.7 Å². The fraction of sp³-hybridized carbons (Fsp3) is 0.154. The molecular weight excluding hydrogens is 279 g/mol. The molecule has 0 fully saturated rings. The molecule has 20 heavy (non-hydrogen) atoms. The summed E-state index contributed by atoms with van der Waals surface area (Å²) in [7, 11) is 0. The highest BCUT2D eigenvalue weighted by Gasteiger charge is 2.15. The van der Waals surface area contributed by atoms with Crippen LogP contribution in [0.1, 0.15) is 16.5 Å². The number of anilines is 1. The van der Waals surface area contributed by atoms with Gasteiger partial charge in [-0.2, -0.15) is 4.98 Å². The number of nitrogen functional groups attached to an aromatic ring is 1. The first kappa shape index (κ1) is 12.7. The summed E-state index contributed by atoms with van der Waals surface area (Å²) < 4.78 is 18.5. The molecule has 2 heterocycles. The van der Waals surface area contributed by atoms with Gasteiger partial charge in [0.2, 0.25) is 0 Å². The lowest BCUT2D eigenvalue weighted by atomic mass is 10.2. The van der Waals surface area contributed by atoms with E-state index >= 15 is 0 Å². The molecule has 3 aromatic rings. The quantitative estimate of drug-likeness (QED) is 0.750. The maximum Gasteiger partial charge on any atom is 0.260 e. The second kappa shape index (κ2) is 5.01. The number of rotatable bonds is 3. The van der Waals surface area contributed by atoms with Crippen molar-refractivity contribution in [3.8, 4) is 11.5 Å². The van der Waals surface area contributed by atoms with Crippen LogP contribution in [0.5, 0.6) is 0 Å². The number of thiazole rings is 1. The molecule has 5 nitrogen and oxygen atoms in total. The highest BCUT2D eigenvalue weighted by atomic mass is 32.1. The second-order valence-electron chi connectivity index (χ2n) is 4.28. The lowest BCUT2D eigenvalue weighted by molar-refractivity contribution is 0.424. The Bertz CT molecular complexity index is 752. The van der Waals surface area contributed by atoms with Gasteiger partial charge in [0.15, 0.2) is 5.82 Å². The van der Waals surface area contributed by atoms with Crippen molar-refractivity contribution in [1.29, 1.82) is 0 Å². The molecule has 7 heteroatoms. The number of aromatic nitrogens is 3. The minimum absolute atomic E-state index is 0.00722. The van der Waals surface area contributed by atoms with Crippen molar-refractivity contribution in [3.63, 3.8) is 0 Å². The van der Waals surface area contributed by atoms with Gasteiger partial charge in [-0.05, 0) is 19.1 Å². The Hall–Kier alpha value is -2.28. The number of benzene rings is 1. The van der Waals surface area contributed by atoms with Crippen molar-refractivity contribution in [2.45, 2.75) is 13.3 Å². The average molecular weight is 290 g/mol. The van der Waals surface area contributed by atoms with Crippen molar-refractivity contribution in [2.75, 3.05) is 5.73 Å². The van der Waals surface area contributed by atoms with E-state index in [1.54, 1.807) is 12.1 Å². The van der Waals surface area contributed by atoms with Gasteiger partial charge in [0.05, 0.1) is 17.7 Å². The van der Waals surface area contributed by atoms with E-state index in [1.165, 1.54) is 17.4 Å². The first-order valence-electron chi connectivity index (χ1n) is 5.91.